The summed E-state index contributed by atoms with van der Waals surface area (Å²) in [4.78, 5) is 14.7. The van der Waals surface area contributed by atoms with Gasteiger partial charge >= 0.3 is 0 Å². The quantitative estimate of drug-likeness (QED) is 0.769. The van der Waals surface area contributed by atoms with E-state index in [1.807, 2.05) is 48.9 Å². The van der Waals surface area contributed by atoms with Crippen LogP contribution in [0.15, 0.2) is 36.5 Å². The molecule has 2 heterocycles. The molecule has 0 bridgehead atoms. The number of amides is 1. The van der Waals surface area contributed by atoms with Crippen molar-refractivity contribution in [1.82, 2.24) is 14.7 Å². The number of morpholine rings is 1. The number of carbonyl (C=O) groups is 1. The maximum atomic E-state index is 12.4. The van der Waals surface area contributed by atoms with Gasteiger partial charge in [0.25, 0.3) is 0 Å². The van der Waals surface area contributed by atoms with Crippen molar-refractivity contribution in [1.29, 1.82) is 0 Å². The van der Waals surface area contributed by atoms with Crippen LogP contribution in [0.1, 0.15) is 12.6 Å². The highest BCUT2D eigenvalue weighted by Gasteiger charge is 2.15. The summed E-state index contributed by atoms with van der Waals surface area (Å²) in [5.74, 6) is 0.611. The van der Waals surface area contributed by atoms with Gasteiger partial charge in [-0.25, -0.2) is 0 Å². The highest BCUT2D eigenvalue weighted by atomic mass is 16.5. The van der Waals surface area contributed by atoms with Crippen LogP contribution in [0.2, 0.25) is 0 Å². The zero-order chi connectivity index (χ0) is 19.1. The molecule has 27 heavy (non-hydrogen) atoms. The molecule has 1 aromatic heterocycles. The van der Waals surface area contributed by atoms with E-state index in [9.17, 15) is 4.79 Å². The van der Waals surface area contributed by atoms with Gasteiger partial charge < -0.3 is 14.8 Å². The zero-order valence-electron chi connectivity index (χ0n) is 16.1. The molecule has 2 aromatic rings. The molecule has 1 aliphatic rings. The molecule has 1 amide bonds. The smallest absolute Gasteiger partial charge is 0.229 e. The molecule has 146 valence electrons. The molecular weight excluding hydrogens is 344 g/mol. The van der Waals surface area contributed by atoms with E-state index in [0.717, 1.165) is 50.0 Å². The molecule has 1 fully saturated rings. The fraction of sp³-hybridized carbons (Fsp3) is 0.500. The molecule has 7 nitrogen and oxygen atoms in total. The third-order valence-corrected chi connectivity index (χ3v) is 4.73. The predicted octanol–water partition coefficient (Wildman–Crippen LogP) is 2.18. The number of hydrogen-bond acceptors (Lipinski definition) is 5. The monoisotopic (exact) mass is 372 g/mol. The van der Waals surface area contributed by atoms with E-state index in [4.69, 9.17) is 9.47 Å². The van der Waals surface area contributed by atoms with Crippen molar-refractivity contribution in [2.75, 3.05) is 44.8 Å². The second kappa shape index (κ2) is 9.53. The van der Waals surface area contributed by atoms with Crippen molar-refractivity contribution in [2.45, 2.75) is 20.4 Å². The predicted molar refractivity (Wildman–Crippen MR) is 104 cm³/mol. The van der Waals surface area contributed by atoms with Gasteiger partial charge in [0.1, 0.15) is 12.4 Å². The van der Waals surface area contributed by atoms with Crippen LogP contribution in [-0.4, -0.2) is 60.0 Å². The van der Waals surface area contributed by atoms with Gasteiger partial charge in [0.05, 0.1) is 25.7 Å². The minimum absolute atomic E-state index is 0.0223. The summed E-state index contributed by atoms with van der Waals surface area (Å²) in [6, 6.07) is 9.44. The lowest BCUT2D eigenvalue weighted by Crippen LogP contribution is -2.38. The number of carbonyl (C=O) groups excluding carboxylic acids is 1. The number of rotatable bonds is 8. The first-order valence-electron chi connectivity index (χ1n) is 9.44. The van der Waals surface area contributed by atoms with Crippen LogP contribution in [0.5, 0.6) is 5.75 Å². The number of nitrogens with one attached hydrogen (secondary N) is 1. The average molecular weight is 372 g/mol. The van der Waals surface area contributed by atoms with Crippen LogP contribution in [0.3, 0.4) is 0 Å². The van der Waals surface area contributed by atoms with Crippen LogP contribution in [0.25, 0.3) is 0 Å². The Labute approximate surface area is 160 Å². The number of aromatic nitrogens is 2. The molecule has 1 N–H and O–H groups in total. The highest BCUT2D eigenvalue weighted by Crippen LogP contribution is 2.17. The van der Waals surface area contributed by atoms with E-state index < -0.39 is 0 Å². The first-order valence-corrected chi connectivity index (χ1v) is 9.44. The second-order valence-corrected chi connectivity index (χ2v) is 6.87. The number of anilines is 1. The summed E-state index contributed by atoms with van der Waals surface area (Å²) >= 11 is 0. The molecule has 0 aliphatic carbocycles. The molecule has 1 unspecified atom stereocenters. The van der Waals surface area contributed by atoms with E-state index in [0.29, 0.717) is 13.2 Å². The molecular formula is C20H28N4O3. The number of aryl methyl sites for hydroxylation is 1. The SMILES string of the molecule is Cc1ccnn1CC(C)C(=O)Nc1ccc(OCCN2CCOCC2)cc1. The van der Waals surface area contributed by atoms with E-state index in [-0.39, 0.29) is 11.8 Å². The van der Waals surface area contributed by atoms with Crippen molar-refractivity contribution >= 4 is 11.6 Å². The summed E-state index contributed by atoms with van der Waals surface area (Å²) in [7, 11) is 0. The van der Waals surface area contributed by atoms with Gasteiger partial charge in [0.2, 0.25) is 5.91 Å². The average Bonchev–Trinajstić information content (AvgIpc) is 3.08. The van der Waals surface area contributed by atoms with E-state index in [1.165, 1.54) is 0 Å². The van der Waals surface area contributed by atoms with Crippen LogP contribution < -0.4 is 10.1 Å². The van der Waals surface area contributed by atoms with Crippen LogP contribution in [-0.2, 0) is 16.1 Å². The van der Waals surface area contributed by atoms with Gasteiger partial charge in [0.15, 0.2) is 0 Å². The van der Waals surface area contributed by atoms with E-state index in [1.54, 1.807) is 6.20 Å². The normalized spacial score (nSPS) is 16.1. The van der Waals surface area contributed by atoms with Gasteiger partial charge in [0, 0.05) is 37.2 Å². The third kappa shape index (κ3) is 5.80. The first-order chi connectivity index (χ1) is 13.1. The van der Waals surface area contributed by atoms with Crippen molar-refractivity contribution in [3.8, 4) is 5.75 Å². The second-order valence-electron chi connectivity index (χ2n) is 6.87. The van der Waals surface area contributed by atoms with Crippen molar-refractivity contribution < 1.29 is 14.3 Å². The fourth-order valence-corrected chi connectivity index (χ4v) is 2.95. The lowest BCUT2D eigenvalue weighted by molar-refractivity contribution is -0.119. The van der Waals surface area contributed by atoms with Crippen LogP contribution in [0, 0.1) is 12.8 Å². The highest BCUT2D eigenvalue weighted by molar-refractivity contribution is 5.92. The Bertz CT molecular complexity index is 723. The zero-order valence-corrected chi connectivity index (χ0v) is 16.1. The number of nitrogens with zero attached hydrogens (tertiary/aromatic N) is 3. The molecule has 0 spiro atoms. The molecule has 1 saturated heterocycles. The van der Waals surface area contributed by atoms with Gasteiger partial charge in [-0.15, -0.1) is 0 Å². The lowest BCUT2D eigenvalue weighted by Gasteiger charge is -2.26. The lowest BCUT2D eigenvalue weighted by atomic mass is 10.1. The number of benzene rings is 1. The summed E-state index contributed by atoms with van der Waals surface area (Å²) in [6.45, 7) is 9.51. The Hall–Kier alpha value is -2.38. The van der Waals surface area contributed by atoms with Crippen molar-refractivity contribution in [2.24, 2.45) is 5.92 Å². The van der Waals surface area contributed by atoms with Gasteiger partial charge in [-0.05, 0) is 37.3 Å². The molecule has 7 heteroatoms. The Kier molecular flexibility index (Phi) is 6.84. The molecule has 0 radical (unpaired) electrons. The molecule has 0 saturated carbocycles. The van der Waals surface area contributed by atoms with E-state index in [2.05, 4.69) is 15.3 Å². The Morgan fingerprint density at radius 1 is 1.26 bits per heavy atom. The minimum Gasteiger partial charge on any atom is -0.492 e. The summed E-state index contributed by atoms with van der Waals surface area (Å²) < 4.78 is 13.0. The van der Waals surface area contributed by atoms with Crippen LogP contribution in [0.4, 0.5) is 5.69 Å². The summed E-state index contributed by atoms with van der Waals surface area (Å²) in [5, 5.41) is 7.18. The Balaban J connectivity index is 1.42. The van der Waals surface area contributed by atoms with Gasteiger partial charge in [-0.2, -0.15) is 5.10 Å². The minimum atomic E-state index is -0.173. The molecule has 1 aliphatic heterocycles. The Morgan fingerprint density at radius 3 is 2.67 bits per heavy atom. The molecule has 1 aromatic carbocycles. The summed E-state index contributed by atoms with van der Waals surface area (Å²) in [5.41, 5.74) is 1.82. The maximum absolute atomic E-state index is 12.4. The largest absolute Gasteiger partial charge is 0.492 e. The van der Waals surface area contributed by atoms with Gasteiger partial charge in [-0.1, -0.05) is 6.92 Å². The van der Waals surface area contributed by atoms with Gasteiger partial charge in [-0.3, -0.25) is 14.4 Å². The van der Waals surface area contributed by atoms with Crippen LogP contribution >= 0.6 is 0 Å². The summed E-state index contributed by atoms with van der Waals surface area (Å²) in [6.07, 6.45) is 1.75. The first kappa shape index (κ1) is 19.4. The maximum Gasteiger partial charge on any atom is 0.229 e. The van der Waals surface area contributed by atoms with Crippen molar-refractivity contribution in [3.63, 3.8) is 0 Å². The fourth-order valence-electron chi connectivity index (χ4n) is 2.95. The van der Waals surface area contributed by atoms with Crippen molar-refractivity contribution in [3.05, 3.63) is 42.2 Å². The topological polar surface area (TPSA) is 68.6 Å². The van der Waals surface area contributed by atoms with E-state index >= 15 is 0 Å². The molecule has 3 rings (SSSR count). The number of ether oxygens (including phenoxy) is 2. The standard InChI is InChI=1S/C20H28N4O3/c1-16(15-24-17(2)7-8-21-24)20(25)22-18-3-5-19(6-4-18)27-14-11-23-9-12-26-13-10-23/h3-8,16H,9-15H2,1-2H3,(H,22,25). The number of hydrogen-bond donors (Lipinski definition) is 1. The Morgan fingerprint density at radius 2 is 2.00 bits per heavy atom. The molecule has 1 atom stereocenters. The third-order valence-electron chi connectivity index (χ3n) is 4.73.